The van der Waals surface area contributed by atoms with Gasteiger partial charge in [-0.2, -0.15) is 5.10 Å². The van der Waals surface area contributed by atoms with Crippen LogP contribution in [0.1, 0.15) is 31.7 Å². The van der Waals surface area contributed by atoms with E-state index in [4.69, 9.17) is 11.6 Å². The maximum Gasteiger partial charge on any atom is 0.0860 e. The fraction of sp³-hybridized carbons (Fsp3) is 0.769. The molecule has 1 aromatic rings. The van der Waals surface area contributed by atoms with Gasteiger partial charge in [-0.15, -0.1) is 0 Å². The highest BCUT2D eigenvalue weighted by molar-refractivity contribution is 6.31. The SMILES string of the molecule is CCC(C)N(C)CCNCc1c(Cl)c(C)nn1C. The van der Waals surface area contributed by atoms with Crippen molar-refractivity contribution < 1.29 is 0 Å². The highest BCUT2D eigenvalue weighted by Gasteiger charge is 2.10. The summed E-state index contributed by atoms with van der Waals surface area (Å²) in [4.78, 5) is 2.36. The Kier molecular flexibility index (Phi) is 6.12. The number of aromatic nitrogens is 2. The van der Waals surface area contributed by atoms with Crippen LogP contribution in [0.3, 0.4) is 0 Å². The number of rotatable bonds is 7. The van der Waals surface area contributed by atoms with Crippen LogP contribution in [0.25, 0.3) is 0 Å². The molecule has 104 valence electrons. The van der Waals surface area contributed by atoms with E-state index < -0.39 is 0 Å². The van der Waals surface area contributed by atoms with Crippen molar-refractivity contribution in [2.45, 2.75) is 39.8 Å². The number of hydrogen-bond acceptors (Lipinski definition) is 3. The number of aryl methyl sites for hydroxylation is 2. The molecule has 0 bridgehead atoms. The molecule has 4 nitrogen and oxygen atoms in total. The summed E-state index contributed by atoms with van der Waals surface area (Å²) in [5, 5.41) is 8.50. The van der Waals surface area contributed by atoms with Crippen molar-refractivity contribution >= 4 is 11.6 Å². The van der Waals surface area contributed by atoms with Crippen molar-refractivity contribution in [1.82, 2.24) is 20.0 Å². The third kappa shape index (κ3) is 3.97. The molecule has 0 radical (unpaired) electrons. The minimum atomic E-state index is 0.634. The maximum atomic E-state index is 6.19. The van der Waals surface area contributed by atoms with E-state index in [1.165, 1.54) is 6.42 Å². The van der Waals surface area contributed by atoms with Crippen molar-refractivity contribution in [3.8, 4) is 0 Å². The van der Waals surface area contributed by atoms with E-state index in [1.54, 1.807) is 0 Å². The number of likely N-dealkylation sites (N-methyl/N-ethyl adjacent to an activating group) is 1. The lowest BCUT2D eigenvalue weighted by Crippen LogP contribution is -2.35. The molecule has 1 atom stereocenters. The Labute approximate surface area is 115 Å². The summed E-state index contributed by atoms with van der Waals surface area (Å²) < 4.78 is 1.85. The molecule has 1 heterocycles. The van der Waals surface area contributed by atoms with Crippen molar-refractivity contribution in [3.05, 3.63) is 16.4 Å². The summed E-state index contributed by atoms with van der Waals surface area (Å²) in [7, 11) is 4.10. The Hall–Kier alpha value is -0.580. The maximum absolute atomic E-state index is 6.19. The first-order valence-corrected chi connectivity index (χ1v) is 6.94. The average Bonchev–Trinajstić information content (AvgIpc) is 2.58. The third-order valence-corrected chi connectivity index (χ3v) is 4.03. The van der Waals surface area contributed by atoms with E-state index >= 15 is 0 Å². The molecule has 1 N–H and O–H groups in total. The van der Waals surface area contributed by atoms with Gasteiger partial charge in [-0.1, -0.05) is 18.5 Å². The number of nitrogens with one attached hydrogen (secondary N) is 1. The molecule has 0 saturated carbocycles. The van der Waals surface area contributed by atoms with Crippen LogP contribution in [0.15, 0.2) is 0 Å². The second kappa shape index (κ2) is 7.12. The van der Waals surface area contributed by atoms with Crippen LogP contribution in [-0.2, 0) is 13.6 Å². The van der Waals surface area contributed by atoms with Gasteiger partial charge in [0, 0.05) is 32.7 Å². The predicted molar refractivity (Wildman–Crippen MR) is 77.0 cm³/mol. The van der Waals surface area contributed by atoms with Gasteiger partial charge in [0.2, 0.25) is 0 Å². The van der Waals surface area contributed by atoms with Crippen molar-refractivity contribution in [3.63, 3.8) is 0 Å². The van der Waals surface area contributed by atoms with Crippen molar-refractivity contribution in [1.29, 1.82) is 0 Å². The Morgan fingerprint density at radius 3 is 2.67 bits per heavy atom. The standard InChI is InChI=1S/C13H25ClN4/c1-6-10(2)17(4)8-7-15-9-12-13(14)11(3)16-18(12)5/h10,15H,6-9H2,1-5H3. The van der Waals surface area contributed by atoms with Gasteiger partial charge < -0.3 is 10.2 Å². The molecule has 0 aliphatic heterocycles. The van der Waals surface area contributed by atoms with Gasteiger partial charge in [-0.05, 0) is 27.3 Å². The molecule has 18 heavy (non-hydrogen) atoms. The lowest BCUT2D eigenvalue weighted by atomic mass is 10.2. The van der Waals surface area contributed by atoms with Crippen LogP contribution in [0.4, 0.5) is 0 Å². The molecule has 5 heteroatoms. The third-order valence-electron chi connectivity index (χ3n) is 3.54. The molecule has 0 saturated heterocycles. The molecular weight excluding hydrogens is 248 g/mol. The highest BCUT2D eigenvalue weighted by Crippen LogP contribution is 2.18. The monoisotopic (exact) mass is 272 g/mol. The van der Waals surface area contributed by atoms with Crippen LogP contribution >= 0.6 is 11.6 Å². The fourth-order valence-electron chi connectivity index (χ4n) is 1.87. The smallest absolute Gasteiger partial charge is 0.0860 e. The number of hydrogen-bond donors (Lipinski definition) is 1. The zero-order chi connectivity index (χ0) is 13.7. The normalized spacial score (nSPS) is 13.3. The minimum absolute atomic E-state index is 0.634. The minimum Gasteiger partial charge on any atom is -0.310 e. The van der Waals surface area contributed by atoms with E-state index in [0.29, 0.717) is 6.04 Å². The molecule has 1 aromatic heterocycles. The van der Waals surface area contributed by atoms with Crippen molar-refractivity contribution in [2.75, 3.05) is 20.1 Å². The van der Waals surface area contributed by atoms with E-state index in [-0.39, 0.29) is 0 Å². The van der Waals surface area contributed by atoms with Crippen LogP contribution in [0.2, 0.25) is 5.02 Å². The quantitative estimate of drug-likeness (QED) is 0.773. The Morgan fingerprint density at radius 2 is 2.17 bits per heavy atom. The van der Waals surface area contributed by atoms with E-state index in [0.717, 1.165) is 36.0 Å². The van der Waals surface area contributed by atoms with Crippen molar-refractivity contribution in [2.24, 2.45) is 7.05 Å². The van der Waals surface area contributed by atoms with Gasteiger partial charge in [0.25, 0.3) is 0 Å². The first-order chi connectivity index (χ1) is 8.47. The summed E-state index contributed by atoms with van der Waals surface area (Å²) in [6.07, 6.45) is 1.18. The molecular formula is C13H25ClN4. The van der Waals surface area contributed by atoms with Gasteiger partial charge in [0.15, 0.2) is 0 Å². The van der Waals surface area contributed by atoms with E-state index in [1.807, 2.05) is 18.7 Å². The van der Waals surface area contributed by atoms with Crippen LogP contribution in [0.5, 0.6) is 0 Å². The molecule has 1 unspecified atom stereocenters. The molecule has 0 fully saturated rings. The van der Waals surface area contributed by atoms with E-state index in [9.17, 15) is 0 Å². The molecule has 1 rings (SSSR count). The average molecular weight is 273 g/mol. The topological polar surface area (TPSA) is 33.1 Å². The second-order valence-corrected chi connectivity index (χ2v) is 5.26. The number of halogens is 1. The first-order valence-electron chi connectivity index (χ1n) is 6.56. The summed E-state index contributed by atoms with van der Waals surface area (Å²) >= 11 is 6.19. The van der Waals surface area contributed by atoms with Gasteiger partial charge >= 0.3 is 0 Å². The zero-order valence-corrected chi connectivity index (χ0v) is 12.9. The van der Waals surface area contributed by atoms with E-state index in [2.05, 4.69) is 36.2 Å². The fourth-order valence-corrected chi connectivity index (χ4v) is 2.09. The molecule has 0 amide bonds. The molecule has 0 aromatic carbocycles. The molecule has 0 aliphatic carbocycles. The van der Waals surface area contributed by atoms with Crippen LogP contribution in [0, 0.1) is 6.92 Å². The van der Waals surface area contributed by atoms with Gasteiger partial charge in [-0.3, -0.25) is 4.68 Å². The lowest BCUT2D eigenvalue weighted by molar-refractivity contribution is 0.251. The van der Waals surface area contributed by atoms with Crippen LogP contribution in [-0.4, -0.2) is 40.9 Å². The Balaban J connectivity index is 2.34. The Bertz CT molecular complexity index is 375. The summed E-state index contributed by atoms with van der Waals surface area (Å²) in [5.74, 6) is 0. The summed E-state index contributed by atoms with van der Waals surface area (Å²) in [6.45, 7) is 9.17. The second-order valence-electron chi connectivity index (χ2n) is 4.88. The largest absolute Gasteiger partial charge is 0.310 e. The zero-order valence-electron chi connectivity index (χ0n) is 12.1. The summed E-state index contributed by atoms with van der Waals surface area (Å²) in [5.41, 5.74) is 1.95. The van der Waals surface area contributed by atoms with Gasteiger partial charge in [0.1, 0.15) is 0 Å². The molecule has 0 spiro atoms. The highest BCUT2D eigenvalue weighted by atomic mass is 35.5. The molecule has 0 aliphatic rings. The Morgan fingerprint density at radius 1 is 1.50 bits per heavy atom. The van der Waals surface area contributed by atoms with Gasteiger partial charge in [-0.25, -0.2) is 0 Å². The first kappa shape index (κ1) is 15.5. The number of nitrogens with zero attached hydrogens (tertiary/aromatic N) is 3. The van der Waals surface area contributed by atoms with Crippen LogP contribution < -0.4 is 5.32 Å². The predicted octanol–water partition coefficient (Wildman–Crippen LogP) is 2.20. The summed E-state index contributed by atoms with van der Waals surface area (Å²) in [6, 6.07) is 0.634. The van der Waals surface area contributed by atoms with Gasteiger partial charge in [0.05, 0.1) is 16.4 Å². The lowest BCUT2D eigenvalue weighted by Gasteiger charge is -2.23.